The van der Waals surface area contributed by atoms with Crippen LogP contribution < -0.4 is 5.32 Å². The first-order chi connectivity index (χ1) is 23.1. The third kappa shape index (κ3) is 14.8. The number of nitrogens with one attached hydrogen (secondary N) is 1. The number of aromatic nitrogens is 2. The van der Waals surface area contributed by atoms with Crippen molar-refractivity contribution < 1.29 is 52.4 Å². The molecule has 0 aliphatic carbocycles. The van der Waals surface area contributed by atoms with Crippen molar-refractivity contribution in [3.05, 3.63) is 60.2 Å². The van der Waals surface area contributed by atoms with Gasteiger partial charge in [-0.1, -0.05) is 55.9 Å². The Morgan fingerprint density at radius 3 is 2.22 bits per heavy atom. The molecule has 2 atom stereocenters. The van der Waals surface area contributed by atoms with Crippen LogP contribution in [0.4, 0.5) is 0 Å². The second-order valence-electron chi connectivity index (χ2n) is 12.2. The maximum absolute atomic E-state index is 13.8. The monoisotopic (exact) mass is 742 g/mol. The van der Waals surface area contributed by atoms with Crippen LogP contribution in [0, 0.1) is 11.8 Å². The van der Waals surface area contributed by atoms with Gasteiger partial charge in [0.1, 0.15) is 5.69 Å². The molecule has 3 rings (SSSR count). The zero-order chi connectivity index (χ0) is 36.0. The van der Waals surface area contributed by atoms with Crippen molar-refractivity contribution in [1.82, 2.24) is 20.2 Å². The molecular weight excluding hydrogens is 697 g/mol. The fourth-order valence-electron chi connectivity index (χ4n) is 5.30. The number of hydrogen-bond acceptors (Lipinski definition) is 11. The third-order valence-electron chi connectivity index (χ3n) is 7.74. The Hall–Kier alpha value is -2.30. The van der Waals surface area contributed by atoms with Gasteiger partial charge in [0, 0.05) is 63.2 Å². The number of rotatable bonds is 18. The summed E-state index contributed by atoms with van der Waals surface area (Å²) in [5.74, 6) is -1.22. The van der Waals surface area contributed by atoms with Gasteiger partial charge in [0.25, 0.3) is 0 Å². The summed E-state index contributed by atoms with van der Waals surface area (Å²) in [7, 11) is -11.0. The molecule has 19 heteroatoms. The summed E-state index contributed by atoms with van der Waals surface area (Å²) in [4.78, 5) is 86.1. The predicted molar refractivity (Wildman–Crippen MR) is 185 cm³/mol. The number of carbonyl (C=O) groups excluding carboxylic acids is 3. The van der Waals surface area contributed by atoms with Crippen molar-refractivity contribution in [3.8, 4) is 0 Å². The minimum Gasteiger partial charge on any atom is -0.408 e. The Morgan fingerprint density at radius 2 is 1.65 bits per heavy atom. The Morgan fingerprint density at radius 1 is 1.00 bits per heavy atom. The summed E-state index contributed by atoms with van der Waals surface area (Å²) in [5, 5.41) is 0.0634. The third-order valence-corrected chi connectivity index (χ3v) is 12.4. The lowest BCUT2D eigenvalue weighted by Gasteiger charge is -2.32. The van der Waals surface area contributed by atoms with Gasteiger partial charge in [0.15, 0.2) is 16.3 Å². The molecule has 2 heterocycles. The zero-order valence-corrected chi connectivity index (χ0v) is 30.2. The van der Waals surface area contributed by atoms with Gasteiger partial charge in [0.2, 0.25) is 5.91 Å². The lowest BCUT2D eigenvalue weighted by atomic mass is 9.73. The highest BCUT2D eigenvalue weighted by Crippen LogP contribution is 2.61. The van der Waals surface area contributed by atoms with Gasteiger partial charge in [-0.25, -0.2) is 4.98 Å². The second kappa shape index (κ2) is 19.9. The van der Waals surface area contributed by atoms with E-state index in [1.54, 1.807) is 0 Å². The van der Waals surface area contributed by atoms with Crippen LogP contribution in [0.1, 0.15) is 55.6 Å². The van der Waals surface area contributed by atoms with Crippen LogP contribution in [0.25, 0.3) is 0 Å². The van der Waals surface area contributed by atoms with Crippen LogP contribution in [0.2, 0.25) is 0 Å². The maximum atomic E-state index is 13.8. The molecular formula is C30H45BN4O11P2S. The molecule has 1 aromatic heterocycles. The Balaban J connectivity index is 1.54. The summed E-state index contributed by atoms with van der Waals surface area (Å²) in [6, 6.07) is 9.48. The van der Waals surface area contributed by atoms with E-state index < -0.39 is 51.1 Å². The molecule has 1 aliphatic heterocycles. The second-order valence-corrected chi connectivity index (χ2v) is 17.4. The van der Waals surface area contributed by atoms with Gasteiger partial charge in [-0.3, -0.25) is 33.4 Å². The fourth-order valence-corrected chi connectivity index (χ4v) is 8.71. The highest BCUT2D eigenvalue weighted by Gasteiger charge is 2.44. The molecule has 0 spiro atoms. The van der Waals surface area contributed by atoms with E-state index in [-0.39, 0.29) is 29.7 Å². The van der Waals surface area contributed by atoms with Crippen LogP contribution in [-0.4, -0.2) is 108 Å². The fraction of sp³-hybridized carbons (Fsp3) is 0.567. The number of carbonyl (C=O) groups is 3. The van der Waals surface area contributed by atoms with Crippen molar-refractivity contribution in [2.75, 3.05) is 38.6 Å². The molecule has 0 unspecified atom stereocenters. The minimum atomic E-state index is -5.16. The lowest BCUT2D eigenvalue weighted by Crippen LogP contribution is -2.54. The molecule has 49 heavy (non-hydrogen) atoms. The van der Waals surface area contributed by atoms with Crippen LogP contribution in [0.5, 0.6) is 0 Å². The molecule has 5 N–H and O–H groups in total. The summed E-state index contributed by atoms with van der Waals surface area (Å²) in [5.41, 5.74) is 1.12. The average Bonchev–Trinajstić information content (AvgIpc) is 3.01. The van der Waals surface area contributed by atoms with E-state index in [1.165, 1.54) is 18.6 Å². The van der Waals surface area contributed by atoms with Crippen LogP contribution in [-0.2, 0) is 34.4 Å². The smallest absolute Gasteiger partial charge is 0.408 e. The Labute approximate surface area is 290 Å². The molecule has 0 radical (unpaired) electrons. The molecule has 0 saturated carbocycles. The maximum Gasteiger partial charge on any atom is 0.480 e. The van der Waals surface area contributed by atoms with Crippen molar-refractivity contribution in [3.63, 3.8) is 0 Å². The summed E-state index contributed by atoms with van der Waals surface area (Å²) < 4.78 is 35.1. The first-order valence-electron chi connectivity index (χ1n) is 16.0. The minimum absolute atomic E-state index is 0.0486. The molecule has 270 valence electrons. The molecule has 15 nitrogen and oxygen atoms in total. The van der Waals surface area contributed by atoms with Crippen LogP contribution in [0.3, 0.4) is 0 Å². The quantitative estimate of drug-likeness (QED) is 0.0640. The number of amides is 1. The Kier molecular flexibility index (Phi) is 16.7. The highest BCUT2D eigenvalue weighted by atomic mass is 32.2. The van der Waals surface area contributed by atoms with E-state index in [2.05, 4.69) is 20.2 Å². The summed E-state index contributed by atoms with van der Waals surface area (Å²) in [6.07, 6.45) is 4.79. The van der Waals surface area contributed by atoms with Crippen molar-refractivity contribution >= 4 is 50.9 Å². The first-order valence-corrected chi connectivity index (χ1v) is 20.3. The predicted octanol–water partition coefficient (Wildman–Crippen LogP) is 2.54. The molecule has 1 saturated heterocycles. The number of nitrogens with zero attached hydrogens (tertiary/aromatic N) is 3. The molecule has 1 aromatic carbocycles. The van der Waals surface area contributed by atoms with E-state index in [4.69, 9.17) is 9.31 Å². The highest BCUT2D eigenvalue weighted by molar-refractivity contribution is 8.13. The molecule has 0 bridgehead atoms. The van der Waals surface area contributed by atoms with Crippen LogP contribution in [0.15, 0.2) is 48.9 Å². The standard InChI is InChI=1S/C30H45BN4O11P2S/c1-22(2)17-27(34-30(38)24(18-23-7-4-3-5-8-23)19-26(36)25-21-32-9-10-33-25)31-45-14-12-35(13-15-46-31)11-6-16-49-28(37)20-29(47(39,40)41)48(42,43)44/h3-5,7-10,21-22,24,27,29H,6,11-20H2,1-2H3,(H,34,38)(H2,39,40,41)(H2,42,43,44)/t24-,27-/m0/s1. The van der Waals surface area contributed by atoms with Gasteiger partial charge >= 0.3 is 22.3 Å². The van der Waals surface area contributed by atoms with Gasteiger partial charge in [-0.2, -0.15) is 0 Å². The molecule has 1 aliphatic rings. The molecule has 1 fully saturated rings. The van der Waals surface area contributed by atoms with Crippen LogP contribution >= 0.6 is 27.0 Å². The topological polar surface area (TPSA) is 226 Å². The zero-order valence-electron chi connectivity index (χ0n) is 27.6. The van der Waals surface area contributed by atoms with E-state index >= 15 is 0 Å². The van der Waals surface area contributed by atoms with Crippen molar-refractivity contribution in [2.24, 2.45) is 11.8 Å². The van der Waals surface area contributed by atoms with Gasteiger partial charge in [-0.05, 0) is 37.3 Å². The largest absolute Gasteiger partial charge is 0.480 e. The Bertz CT molecular complexity index is 1420. The molecule has 2 aromatic rings. The number of thioether (sulfide) groups is 1. The summed E-state index contributed by atoms with van der Waals surface area (Å²) in [6.45, 7) is 6.31. The van der Waals surface area contributed by atoms with Crippen molar-refractivity contribution in [1.29, 1.82) is 0 Å². The average molecular weight is 743 g/mol. The van der Waals surface area contributed by atoms with Gasteiger partial charge in [-0.15, -0.1) is 0 Å². The number of benzene rings is 1. The SMILES string of the molecule is CC(C)C[C@H](NC(=O)[C@H](CC(=O)c1cnccn1)Cc1ccccc1)B1OCCN(CCCSC(=O)CC(P(=O)(O)O)P(=O)(O)O)CCO1. The van der Waals surface area contributed by atoms with Gasteiger partial charge in [0.05, 0.1) is 12.1 Å². The van der Waals surface area contributed by atoms with E-state index in [9.17, 15) is 43.1 Å². The lowest BCUT2D eigenvalue weighted by molar-refractivity contribution is -0.125. The van der Waals surface area contributed by atoms with E-state index in [1.807, 2.05) is 44.2 Å². The molecule has 1 amide bonds. The number of hydrogen-bond donors (Lipinski definition) is 5. The normalized spacial score (nSPS) is 16.2. The van der Waals surface area contributed by atoms with E-state index in [0.717, 1.165) is 17.3 Å². The van der Waals surface area contributed by atoms with Crippen molar-refractivity contribution in [2.45, 2.75) is 57.3 Å². The van der Waals surface area contributed by atoms with Gasteiger partial charge < -0.3 is 34.2 Å². The summed E-state index contributed by atoms with van der Waals surface area (Å²) >= 11 is 0.773. The van der Waals surface area contributed by atoms with E-state index in [0.29, 0.717) is 57.9 Å². The number of Topliss-reactive ketones (excluding diaryl/α,β-unsaturated/α-hetero) is 1. The first kappa shape index (κ1) is 41.1. The number of ketones is 1.